The lowest BCUT2D eigenvalue weighted by Gasteiger charge is -2.34. The fourth-order valence-electron chi connectivity index (χ4n) is 5.95. The lowest BCUT2D eigenvalue weighted by Crippen LogP contribution is -2.44. The summed E-state index contributed by atoms with van der Waals surface area (Å²) in [7, 11) is 0. The van der Waals surface area contributed by atoms with Crippen LogP contribution in [-0.4, -0.2) is 26.6 Å². The fourth-order valence-corrected chi connectivity index (χ4v) is 6.26. The van der Waals surface area contributed by atoms with Crippen molar-refractivity contribution < 1.29 is 18.7 Å². The Morgan fingerprint density at radius 3 is 2.27 bits per heavy atom. The molecule has 5 rings (SSSR count). The molecule has 2 atom stereocenters. The zero-order chi connectivity index (χ0) is 26.1. The highest BCUT2D eigenvalue weighted by molar-refractivity contribution is 6.42. The lowest BCUT2D eigenvalue weighted by molar-refractivity contribution is -0.127. The number of fused-ring (bicyclic) bond motifs is 1. The number of hydrogen-bond acceptors (Lipinski definition) is 3. The second-order valence-electron chi connectivity index (χ2n) is 10.4. The van der Waals surface area contributed by atoms with Gasteiger partial charge in [0.15, 0.2) is 11.6 Å². The first-order valence-corrected chi connectivity index (χ1v) is 13.9. The van der Waals surface area contributed by atoms with E-state index in [9.17, 15) is 18.7 Å². The van der Waals surface area contributed by atoms with Crippen LogP contribution in [0, 0.1) is 17.6 Å². The summed E-state index contributed by atoms with van der Waals surface area (Å²) in [4.78, 5) is 18.5. The van der Waals surface area contributed by atoms with E-state index in [1.165, 1.54) is 6.07 Å². The number of aliphatic hydroxyl groups is 1. The van der Waals surface area contributed by atoms with Crippen molar-refractivity contribution in [2.24, 2.45) is 5.92 Å². The van der Waals surface area contributed by atoms with Gasteiger partial charge in [-0.15, -0.1) is 0 Å². The van der Waals surface area contributed by atoms with Gasteiger partial charge < -0.3 is 15.0 Å². The number of aromatic nitrogens is 2. The topological polar surface area (TPSA) is 67.2 Å². The first-order valence-electron chi connectivity index (χ1n) is 13.1. The maximum Gasteiger partial charge on any atom is 0.243 e. The van der Waals surface area contributed by atoms with Gasteiger partial charge in [-0.05, 0) is 49.3 Å². The minimum atomic E-state index is -1.29. The summed E-state index contributed by atoms with van der Waals surface area (Å²) in [5.41, 5.74) is 0.878. The third kappa shape index (κ3) is 5.50. The van der Waals surface area contributed by atoms with Gasteiger partial charge in [-0.2, -0.15) is 0 Å². The van der Waals surface area contributed by atoms with Crippen molar-refractivity contribution in [3.8, 4) is 0 Å². The normalized spacial score (nSPS) is 19.2. The van der Waals surface area contributed by atoms with Crippen molar-refractivity contribution in [1.29, 1.82) is 0 Å². The van der Waals surface area contributed by atoms with Crippen LogP contribution in [0.1, 0.15) is 87.7 Å². The Hall–Kier alpha value is -2.22. The highest BCUT2D eigenvalue weighted by Gasteiger charge is 2.37. The van der Waals surface area contributed by atoms with Gasteiger partial charge in [-0.1, -0.05) is 67.8 Å². The molecule has 9 heteroatoms. The maximum absolute atomic E-state index is 14.5. The molecule has 2 fully saturated rings. The molecule has 2 aliphatic carbocycles. The number of nitrogens with one attached hydrogen (secondary N) is 1. The zero-order valence-electron chi connectivity index (χ0n) is 20.5. The van der Waals surface area contributed by atoms with Gasteiger partial charge in [0.2, 0.25) is 5.91 Å². The van der Waals surface area contributed by atoms with Crippen LogP contribution in [0.4, 0.5) is 8.78 Å². The van der Waals surface area contributed by atoms with E-state index < -0.39 is 23.8 Å². The predicted molar refractivity (Wildman–Crippen MR) is 141 cm³/mol. The molecule has 2 aromatic carbocycles. The molecular weight excluding hydrogens is 519 g/mol. The van der Waals surface area contributed by atoms with Crippen molar-refractivity contribution in [2.45, 2.75) is 82.4 Å². The standard InChI is InChI=1S/C28H31Cl2F2N3O2/c29-19-12-11-17(13-20(19)30)26(36)27-34-23-14-21(31)22(32)15-24(23)35(27)25(16-7-3-1-4-8-16)28(37)33-18-9-5-2-6-10-18/h11-16,18,25-26,36H,1-10H2,(H,33,37)/t25?,26-/m1/s1. The molecule has 37 heavy (non-hydrogen) atoms. The lowest BCUT2D eigenvalue weighted by atomic mass is 9.82. The summed E-state index contributed by atoms with van der Waals surface area (Å²) in [5, 5.41) is 15.3. The smallest absolute Gasteiger partial charge is 0.243 e. The third-order valence-electron chi connectivity index (χ3n) is 7.86. The number of amides is 1. The number of hydrogen-bond donors (Lipinski definition) is 2. The van der Waals surface area contributed by atoms with Crippen molar-refractivity contribution in [3.05, 3.63) is 63.4 Å². The van der Waals surface area contributed by atoms with E-state index in [-0.39, 0.29) is 39.7 Å². The predicted octanol–water partition coefficient (Wildman–Crippen LogP) is 7.27. The molecule has 3 aromatic rings. The molecule has 2 saturated carbocycles. The fraction of sp³-hybridized carbons (Fsp3) is 0.500. The maximum atomic E-state index is 14.5. The van der Waals surface area contributed by atoms with E-state index in [0.717, 1.165) is 76.3 Å². The Kier molecular flexibility index (Phi) is 8.03. The van der Waals surface area contributed by atoms with Crippen molar-refractivity contribution in [3.63, 3.8) is 0 Å². The average Bonchev–Trinajstić information content (AvgIpc) is 3.24. The van der Waals surface area contributed by atoms with Crippen molar-refractivity contribution in [1.82, 2.24) is 14.9 Å². The van der Waals surface area contributed by atoms with Crippen LogP contribution in [0.3, 0.4) is 0 Å². The van der Waals surface area contributed by atoms with Crippen LogP contribution in [0.2, 0.25) is 10.0 Å². The number of carbonyl (C=O) groups is 1. The van der Waals surface area contributed by atoms with Crippen LogP contribution in [0.15, 0.2) is 30.3 Å². The Bertz CT molecular complexity index is 1290. The first-order chi connectivity index (χ1) is 17.8. The van der Waals surface area contributed by atoms with E-state index in [1.807, 2.05) is 0 Å². The zero-order valence-corrected chi connectivity index (χ0v) is 22.0. The number of halogens is 4. The van der Waals surface area contributed by atoms with Crippen LogP contribution in [0.5, 0.6) is 0 Å². The number of benzene rings is 2. The summed E-state index contributed by atoms with van der Waals surface area (Å²) in [6.45, 7) is 0. The van der Waals surface area contributed by atoms with Gasteiger partial charge in [0.25, 0.3) is 0 Å². The number of rotatable bonds is 6. The van der Waals surface area contributed by atoms with Gasteiger partial charge >= 0.3 is 0 Å². The van der Waals surface area contributed by atoms with Crippen molar-refractivity contribution >= 4 is 40.1 Å². The summed E-state index contributed by atoms with van der Waals surface area (Å²) >= 11 is 12.3. The molecule has 0 spiro atoms. The molecule has 1 unspecified atom stereocenters. The van der Waals surface area contributed by atoms with Gasteiger partial charge in [0, 0.05) is 18.2 Å². The Balaban J connectivity index is 1.65. The first kappa shape index (κ1) is 26.4. The summed E-state index contributed by atoms with van der Waals surface area (Å²) < 4.78 is 30.4. The van der Waals surface area contributed by atoms with Crippen molar-refractivity contribution in [2.75, 3.05) is 0 Å². The molecule has 1 aromatic heterocycles. The Labute approximate surface area is 225 Å². The van der Waals surface area contributed by atoms with E-state index in [4.69, 9.17) is 23.2 Å². The van der Waals surface area contributed by atoms with Gasteiger partial charge in [-0.3, -0.25) is 4.79 Å². The largest absolute Gasteiger partial charge is 0.380 e. The molecule has 1 amide bonds. The van der Waals surface area contributed by atoms with E-state index in [0.29, 0.717) is 10.6 Å². The molecule has 0 aliphatic heterocycles. The van der Waals surface area contributed by atoms with Gasteiger partial charge in [-0.25, -0.2) is 13.8 Å². The minimum absolute atomic E-state index is 0.0254. The summed E-state index contributed by atoms with van der Waals surface area (Å²) in [5.74, 6) is -2.10. The molecule has 5 nitrogen and oxygen atoms in total. The number of imidazole rings is 1. The quantitative estimate of drug-likeness (QED) is 0.339. The highest BCUT2D eigenvalue weighted by Crippen LogP contribution is 2.39. The molecule has 2 N–H and O–H groups in total. The van der Waals surface area contributed by atoms with Gasteiger partial charge in [0.05, 0.1) is 21.1 Å². The van der Waals surface area contributed by atoms with E-state index in [2.05, 4.69) is 10.3 Å². The summed E-state index contributed by atoms with van der Waals surface area (Å²) in [6, 6.07) is 6.20. The SMILES string of the molecule is O=C(NC1CCCCC1)C(C1CCCCC1)n1c([C@H](O)c2ccc(Cl)c(Cl)c2)nc2cc(F)c(F)cc21. The van der Waals surface area contributed by atoms with Crippen LogP contribution < -0.4 is 5.32 Å². The van der Waals surface area contributed by atoms with Gasteiger partial charge in [0.1, 0.15) is 18.0 Å². The minimum Gasteiger partial charge on any atom is -0.380 e. The monoisotopic (exact) mass is 549 g/mol. The molecular formula is C28H31Cl2F2N3O2. The number of nitrogens with zero attached hydrogens (tertiary/aromatic N) is 2. The number of aliphatic hydroxyl groups excluding tert-OH is 1. The number of carbonyl (C=O) groups excluding carboxylic acids is 1. The second kappa shape index (κ2) is 11.3. The van der Waals surface area contributed by atoms with Crippen LogP contribution in [-0.2, 0) is 4.79 Å². The second-order valence-corrected chi connectivity index (χ2v) is 11.2. The molecule has 1 heterocycles. The van der Waals surface area contributed by atoms with E-state index in [1.54, 1.807) is 16.7 Å². The highest BCUT2D eigenvalue weighted by atomic mass is 35.5. The molecule has 0 saturated heterocycles. The molecule has 0 bridgehead atoms. The Morgan fingerprint density at radius 1 is 0.946 bits per heavy atom. The van der Waals surface area contributed by atoms with E-state index >= 15 is 0 Å². The molecule has 198 valence electrons. The average molecular weight is 550 g/mol. The third-order valence-corrected chi connectivity index (χ3v) is 8.60. The Morgan fingerprint density at radius 2 is 1.59 bits per heavy atom. The van der Waals surface area contributed by atoms with Crippen LogP contribution >= 0.6 is 23.2 Å². The van der Waals surface area contributed by atoms with Crippen LogP contribution in [0.25, 0.3) is 11.0 Å². The molecule has 0 radical (unpaired) electrons. The molecule has 2 aliphatic rings. The summed E-state index contributed by atoms with van der Waals surface area (Å²) in [6.07, 6.45) is 8.57.